The number of hydrogen-bond donors (Lipinski definition) is 1. The highest BCUT2D eigenvalue weighted by atomic mass is 32.2. The Labute approximate surface area is 128 Å². The average molecular weight is 301 g/mol. The summed E-state index contributed by atoms with van der Waals surface area (Å²) < 4.78 is 1.90. The molecule has 0 radical (unpaired) electrons. The summed E-state index contributed by atoms with van der Waals surface area (Å²) in [4.78, 5) is 11.9. The van der Waals surface area contributed by atoms with Crippen LogP contribution in [0.5, 0.6) is 0 Å². The number of aryl methyl sites for hydroxylation is 1. The number of carbonyl (C=O) groups is 1. The molecule has 0 atom stereocenters. The third-order valence-corrected chi connectivity index (χ3v) is 4.91. The number of benzene rings is 1. The molecular formula is C16H19N3OS. The van der Waals surface area contributed by atoms with Crippen molar-refractivity contribution >= 4 is 23.5 Å². The highest BCUT2D eigenvalue weighted by Gasteiger charge is 2.25. The van der Waals surface area contributed by atoms with Crippen molar-refractivity contribution in [1.82, 2.24) is 9.78 Å². The first kappa shape index (κ1) is 14.2. The van der Waals surface area contributed by atoms with Crippen LogP contribution >= 0.6 is 11.8 Å². The first-order chi connectivity index (χ1) is 10.1. The van der Waals surface area contributed by atoms with Gasteiger partial charge in [-0.25, -0.2) is 4.68 Å². The zero-order chi connectivity index (χ0) is 15.0. The van der Waals surface area contributed by atoms with E-state index >= 15 is 0 Å². The Morgan fingerprint density at radius 1 is 1.38 bits per heavy atom. The zero-order valence-electron chi connectivity index (χ0n) is 12.6. The third kappa shape index (κ3) is 2.46. The molecule has 0 saturated heterocycles. The van der Waals surface area contributed by atoms with Crippen LogP contribution in [0.1, 0.15) is 35.7 Å². The summed E-state index contributed by atoms with van der Waals surface area (Å²) in [6, 6.07) is 6.18. The molecule has 1 amide bonds. The van der Waals surface area contributed by atoms with E-state index in [2.05, 4.69) is 31.3 Å². The lowest BCUT2D eigenvalue weighted by Gasteiger charge is -2.13. The monoisotopic (exact) mass is 301 g/mol. The molecule has 1 aromatic carbocycles. The van der Waals surface area contributed by atoms with E-state index in [0.717, 1.165) is 28.7 Å². The fraction of sp³-hybridized carbons (Fsp3) is 0.375. The second-order valence-corrected chi connectivity index (χ2v) is 6.28. The lowest BCUT2D eigenvalue weighted by Crippen LogP contribution is -2.15. The van der Waals surface area contributed by atoms with Crippen molar-refractivity contribution in [1.29, 1.82) is 0 Å². The smallest absolute Gasteiger partial charge is 0.225 e. The van der Waals surface area contributed by atoms with Crippen molar-refractivity contribution in [2.24, 2.45) is 0 Å². The number of rotatable bonds is 3. The van der Waals surface area contributed by atoms with Crippen LogP contribution in [0.4, 0.5) is 5.82 Å². The maximum absolute atomic E-state index is 11.9. The van der Waals surface area contributed by atoms with Gasteiger partial charge in [-0.2, -0.15) is 16.9 Å². The molecule has 0 aliphatic carbocycles. The number of nitrogens with zero attached hydrogens (tertiary/aromatic N) is 2. The highest BCUT2D eigenvalue weighted by molar-refractivity contribution is 7.98. The molecule has 3 rings (SSSR count). The Morgan fingerprint density at radius 3 is 2.95 bits per heavy atom. The molecule has 1 aliphatic heterocycles. The Kier molecular flexibility index (Phi) is 3.76. The maximum atomic E-state index is 11.9. The molecule has 1 aliphatic rings. The Balaban J connectivity index is 2.14. The standard InChI is InChI=1S/C16H19N3OS/c1-4-15(20)17-16-12-8-21-9-13(12)18-19(16)14-7-5-6-10(2)11(14)3/h5-7H,4,8-9H2,1-3H3,(H,17,20). The number of carbonyl (C=O) groups excluding carboxylic acids is 1. The number of aromatic nitrogens is 2. The number of hydrogen-bond acceptors (Lipinski definition) is 3. The van der Waals surface area contributed by atoms with E-state index in [1.54, 1.807) is 0 Å². The fourth-order valence-electron chi connectivity index (χ4n) is 2.50. The van der Waals surface area contributed by atoms with Gasteiger partial charge in [0.2, 0.25) is 5.91 Å². The van der Waals surface area contributed by atoms with Gasteiger partial charge in [0.25, 0.3) is 0 Å². The van der Waals surface area contributed by atoms with Crippen molar-refractivity contribution in [2.75, 3.05) is 5.32 Å². The molecule has 1 N–H and O–H groups in total. The van der Waals surface area contributed by atoms with Gasteiger partial charge in [0.05, 0.1) is 11.4 Å². The second-order valence-electron chi connectivity index (χ2n) is 5.30. The summed E-state index contributed by atoms with van der Waals surface area (Å²) in [7, 11) is 0. The van der Waals surface area contributed by atoms with Gasteiger partial charge in [-0.15, -0.1) is 0 Å². The summed E-state index contributed by atoms with van der Waals surface area (Å²) in [5.41, 5.74) is 5.72. The first-order valence-electron chi connectivity index (χ1n) is 7.16. The minimum Gasteiger partial charge on any atom is -0.310 e. The van der Waals surface area contributed by atoms with Crippen LogP contribution in [0.2, 0.25) is 0 Å². The molecule has 1 aromatic heterocycles. The average Bonchev–Trinajstić information content (AvgIpc) is 3.04. The van der Waals surface area contributed by atoms with Gasteiger partial charge in [-0.1, -0.05) is 19.1 Å². The number of nitrogens with one attached hydrogen (secondary N) is 1. The minimum absolute atomic E-state index is 0.0288. The van der Waals surface area contributed by atoms with Gasteiger partial charge in [-0.3, -0.25) is 4.79 Å². The van der Waals surface area contributed by atoms with Crippen LogP contribution in [-0.2, 0) is 16.3 Å². The summed E-state index contributed by atoms with van der Waals surface area (Å²) in [6.07, 6.45) is 0.472. The van der Waals surface area contributed by atoms with E-state index in [1.165, 1.54) is 16.7 Å². The van der Waals surface area contributed by atoms with Crippen LogP contribution in [0.25, 0.3) is 5.69 Å². The molecule has 0 unspecified atom stereocenters. The van der Waals surface area contributed by atoms with Crippen molar-refractivity contribution < 1.29 is 4.79 Å². The fourth-order valence-corrected chi connectivity index (χ4v) is 3.54. The molecule has 4 nitrogen and oxygen atoms in total. The van der Waals surface area contributed by atoms with E-state index in [0.29, 0.717) is 6.42 Å². The van der Waals surface area contributed by atoms with Gasteiger partial charge in [0, 0.05) is 23.5 Å². The normalized spacial score (nSPS) is 13.3. The lowest BCUT2D eigenvalue weighted by atomic mass is 10.1. The number of anilines is 1. The van der Waals surface area contributed by atoms with E-state index in [9.17, 15) is 4.79 Å². The quantitative estimate of drug-likeness (QED) is 0.942. The molecule has 0 saturated carbocycles. The van der Waals surface area contributed by atoms with Crippen molar-refractivity contribution in [3.05, 3.63) is 40.6 Å². The summed E-state index contributed by atoms with van der Waals surface area (Å²) in [6.45, 7) is 6.05. The second kappa shape index (κ2) is 5.56. The third-order valence-electron chi connectivity index (χ3n) is 3.94. The topological polar surface area (TPSA) is 46.9 Å². The predicted molar refractivity (Wildman–Crippen MR) is 87.0 cm³/mol. The summed E-state index contributed by atoms with van der Waals surface area (Å²) >= 11 is 1.84. The summed E-state index contributed by atoms with van der Waals surface area (Å²) in [5, 5.41) is 7.77. The first-order valence-corrected chi connectivity index (χ1v) is 8.32. The van der Waals surface area contributed by atoms with Crippen molar-refractivity contribution in [2.45, 2.75) is 38.7 Å². The molecule has 0 spiro atoms. The molecule has 2 aromatic rings. The van der Waals surface area contributed by atoms with E-state index in [-0.39, 0.29) is 5.91 Å². The van der Waals surface area contributed by atoms with Crippen LogP contribution in [-0.4, -0.2) is 15.7 Å². The molecule has 2 heterocycles. The molecule has 0 bridgehead atoms. The van der Waals surface area contributed by atoms with Crippen molar-refractivity contribution in [3.63, 3.8) is 0 Å². The highest BCUT2D eigenvalue weighted by Crippen LogP contribution is 2.36. The summed E-state index contributed by atoms with van der Waals surface area (Å²) in [5.74, 6) is 2.71. The predicted octanol–water partition coefficient (Wildman–Crippen LogP) is 3.58. The van der Waals surface area contributed by atoms with Crippen LogP contribution in [0.15, 0.2) is 18.2 Å². The molecule has 0 fully saturated rings. The molecular weight excluding hydrogens is 282 g/mol. The molecule has 110 valence electrons. The molecule has 5 heteroatoms. The van der Waals surface area contributed by atoms with Crippen LogP contribution < -0.4 is 5.32 Å². The SMILES string of the molecule is CCC(=O)Nc1c2c(nn1-c1cccc(C)c1C)CSC2. The van der Waals surface area contributed by atoms with Gasteiger partial charge in [-0.05, 0) is 31.0 Å². The molecule has 21 heavy (non-hydrogen) atoms. The largest absolute Gasteiger partial charge is 0.310 e. The number of fused-ring (bicyclic) bond motifs is 1. The van der Waals surface area contributed by atoms with Gasteiger partial charge in [0.15, 0.2) is 0 Å². The van der Waals surface area contributed by atoms with E-state index in [4.69, 9.17) is 5.10 Å². The Hall–Kier alpha value is -1.75. The Morgan fingerprint density at radius 2 is 2.19 bits per heavy atom. The number of amides is 1. The van der Waals surface area contributed by atoms with Crippen LogP contribution in [0.3, 0.4) is 0 Å². The Bertz CT molecular complexity index is 706. The van der Waals surface area contributed by atoms with E-state index in [1.807, 2.05) is 29.4 Å². The number of thioether (sulfide) groups is 1. The maximum Gasteiger partial charge on any atom is 0.225 e. The van der Waals surface area contributed by atoms with Gasteiger partial charge in [0.1, 0.15) is 5.82 Å². The minimum atomic E-state index is 0.0288. The van der Waals surface area contributed by atoms with E-state index < -0.39 is 0 Å². The van der Waals surface area contributed by atoms with Gasteiger partial charge < -0.3 is 5.32 Å². The van der Waals surface area contributed by atoms with Gasteiger partial charge >= 0.3 is 0 Å². The zero-order valence-corrected chi connectivity index (χ0v) is 13.4. The van der Waals surface area contributed by atoms with Crippen LogP contribution in [0, 0.1) is 13.8 Å². The lowest BCUT2D eigenvalue weighted by molar-refractivity contribution is -0.115. The van der Waals surface area contributed by atoms with Crippen molar-refractivity contribution in [3.8, 4) is 5.69 Å².